The highest BCUT2D eigenvalue weighted by Gasteiger charge is 2.27. The summed E-state index contributed by atoms with van der Waals surface area (Å²) in [4.78, 5) is 24.5. The molecule has 0 aromatic heterocycles. The fourth-order valence-corrected chi connectivity index (χ4v) is 2.72. The molecule has 2 rings (SSSR count). The topological polar surface area (TPSA) is 69.6 Å². The van der Waals surface area contributed by atoms with Gasteiger partial charge in [0.1, 0.15) is 0 Å². The Bertz CT molecular complexity index is 525. The van der Waals surface area contributed by atoms with E-state index in [1.807, 2.05) is 12.1 Å². The first-order chi connectivity index (χ1) is 10.5. The quantitative estimate of drug-likeness (QED) is 0.898. The Morgan fingerprint density at radius 3 is 2.59 bits per heavy atom. The monoisotopic (exact) mass is 304 g/mol. The normalized spacial score (nSPS) is 18.3. The van der Waals surface area contributed by atoms with Crippen molar-refractivity contribution in [3.63, 3.8) is 0 Å². The summed E-state index contributed by atoms with van der Waals surface area (Å²) in [5.74, 6) is 0.201. The number of carbonyl (C=O) groups is 2. The lowest BCUT2D eigenvalue weighted by molar-refractivity contribution is -0.126. The Kier molecular flexibility index (Phi) is 5.41. The molecule has 1 aliphatic heterocycles. The van der Waals surface area contributed by atoms with Gasteiger partial charge in [-0.15, -0.1) is 0 Å². The van der Waals surface area contributed by atoms with Crippen LogP contribution in [-0.2, 0) is 11.3 Å². The van der Waals surface area contributed by atoms with Gasteiger partial charge < -0.3 is 15.3 Å². The van der Waals surface area contributed by atoms with Crippen LogP contribution in [0, 0.1) is 5.92 Å². The number of carbonyl (C=O) groups excluding carboxylic acids is 1. The van der Waals surface area contributed by atoms with Crippen molar-refractivity contribution in [2.45, 2.75) is 39.2 Å². The van der Waals surface area contributed by atoms with E-state index in [0.29, 0.717) is 25.6 Å². The van der Waals surface area contributed by atoms with Crippen molar-refractivity contribution in [2.24, 2.45) is 5.92 Å². The first kappa shape index (κ1) is 16.3. The lowest BCUT2D eigenvalue weighted by Crippen LogP contribution is -2.44. The number of likely N-dealkylation sites (tertiary alicyclic amines) is 1. The number of amides is 2. The summed E-state index contributed by atoms with van der Waals surface area (Å²) in [7, 11) is 0. The molecule has 2 N–H and O–H groups in total. The van der Waals surface area contributed by atoms with Gasteiger partial charge in [-0.3, -0.25) is 4.79 Å². The lowest BCUT2D eigenvalue weighted by Gasteiger charge is -2.29. The third-order valence-corrected chi connectivity index (χ3v) is 4.18. The van der Waals surface area contributed by atoms with E-state index in [-0.39, 0.29) is 11.8 Å². The highest BCUT2D eigenvalue weighted by molar-refractivity contribution is 5.79. The fourth-order valence-electron chi connectivity index (χ4n) is 2.72. The minimum atomic E-state index is -0.943. The Hall–Kier alpha value is -2.04. The second-order valence-electron chi connectivity index (χ2n) is 6.18. The largest absolute Gasteiger partial charge is 0.465 e. The summed E-state index contributed by atoms with van der Waals surface area (Å²) in [6, 6.07) is 8.22. The van der Waals surface area contributed by atoms with Crippen LogP contribution in [0.3, 0.4) is 0 Å². The molecule has 1 fully saturated rings. The molecule has 1 unspecified atom stereocenters. The van der Waals surface area contributed by atoms with Crippen LogP contribution in [-0.4, -0.2) is 35.1 Å². The fraction of sp³-hybridized carbons (Fsp3) is 0.529. The minimum Gasteiger partial charge on any atom is -0.465 e. The molecule has 1 atom stereocenters. The Balaban J connectivity index is 1.85. The number of rotatable bonds is 4. The summed E-state index contributed by atoms with van der Waals surface area (Å²) in [6.07, 6.45) is 0.553. The molecular formula is C17H24N2O3. The van der Waals surface area contributed by atoms with Crippen LogP contribution in [0.2, 0.25) is 0 Å². The molecule has 1 saturated heterocycles. The smallest absolute Gasteiger partial charge is 0.407 e. The summed E-state index contributed by atoms with van der Waals surface area (Å²) in [6.45, 7) is 5.60. The van der Waals surface area contributed by atoms with Crippen molar-refractivity contribution < 1.29 is 14.7 Å². The molecule has 1 aromatic carbocycles. The van der Waals surface area contributed by atoms with Crippen LogP contribution < -0.4 is 5.32 Å². The number of hydrogen-bond donors (Lipinski definition) is 2. The van der Waals surface area contributed by atoms with Crippen LogP contribution in [0.15, 0.2) is 24.3 Å². The highest BCUT2D eigenvalue weighted by Crippen LogP contribution is 2.17. The second kappa shape index (κ2) is 7.29. The number of hydrogen-bond acceptors (Lipinski definition) is 2. The molecule has 0 bridgehead atoms. The van der Waals surface area contributed by atoms with Crippen molar-refractivity contribution in [3.05, 3.63) is 35.4 Å². The molecule has 1 aromatic rings. The molecule has 5 heteroatoms. The molecule has 5 nitrogen and oxygen atoms in total. The minimum absolute atomic E-state index is 0.0566. The number of benzene rings is 1. The molecule has 2 amide bonds. The zero-order valence-electron chi connectivity index (χ0n) is 13.2. The average molecular weight is 304 g/mol. The summed E-state index contributed by atoms with van der Waals surface area (Å²) in [5, 5.41) is 11.9. The number of nitrogens with zero attached hydrogens (tertiary/aromatic N) is 1. The molecule has 0 radical (unpaired) electrons. The van der Waals surface area contributed by atoms with Gasteiger partial charge in [-0.25, -0.2) is 4.79 Å². The van der Waals surface area contributed by atoms with Gasteiger partial charge in [0, 0.05) is 19.6 Å². The van der Waals surface area contributed by atoms with Crippen LogP contribution in [0.5, 0.6) is 0 Å². The maximum absolute atomic E-state index is 12.2. The van der Waals surface area contributed by atoms with Gasteiger partial charge in [0.05, 0.1) is 5.92 Å². The van der Waals surface area contributed by atoms with E-state index in [1.54, 1.807) is 0 Å². The van der Waals surface area contributed by atoms with Gasteiger partial charge >= 0.3 is 6.09 Å². The van der Waals surface area contributed by atoms with Crippen molar-refractivity contribution in [3.8, 4) is 0 Å². The van der Waals surface area contributed by atoms with Crippen LogP contribution >= 0.6 is 0 Å². The zero-order chi connectivity index (χ0) is 16.1. The third kappa shape index (κ3) is 4.23. The van der Waals surface area contributed by atoms with Gasteiger partial charge in [0.15, 0.2) is 0 Å². The Morgan fingerprint density at radius 2 is 2.00 bits per heavy atom. The molecular weight excluding hydrogens is 280 g/mol. The summed E-state index contributed by atoms with van der Waals surface area (Å²) < 4.78 is 0. The number of nitrogens with one attached hydrogen (secondary N) is 1. The first-order valence-electron chi connectivity index (χ1n) is 7.81. The van der Waals surface area contributed by atoms with E-state index >= 15 is 0 Å². The first-order valence-corrected chi connectivity index (χ1v) is 7.81. The van der Waals surface area contributed by atoms with Crippen molar-refractivity contribution in [1.82, 2.24) is 10.2 Å². The van der Waals surface area contributed by atoms with Crippen molar-refractivity contribution in [2.75, 3.05) is 13.1 Å². The zero-order valence-corrected chi connectivity index (χ0v) is 13.2. The van der Waals surface area contributed by atoms with Crippen molar-refractivity contribution >= 4 is 12.0 Å². The van der Waals surface area contributed by atoms with E-state index < -0.39 is 6.09 Å². The molecule has 0 aliphatic carbocycles. The maximum atomic E-state index is 12.2. The van der Waals surface area contributed by atoms with Crippen LogP contribution in [0.4, 0.5) is 4.79 Å². The third-order valence-electron chi connectivity index (χ3n) is 4.18. The van der Waals surface area contributed by atoms with Crippen molar-refractivity contribution in [1.29, 1.82) is 0 Å². The average Bonchev–Trinajstić information content (AvgIpc) is 2.53. The maximum Gasteiger partial charge on any atom is 0.407 e. The molecule has 0 saturated carbocycles. The van der Waals surface area contributed by atoms with Gasteiger partial charge in [0.2, 0.25) is 5.91 Å². The highest BCUT2D eigenvalue weighted by atomic mass is 16.4. The van der Waals surface area contributed by atoms with Crippen LogP contribution in [0.25, 0.3) is 0 Å². The van der Waals surface area contributed by atoms with Crippen LogP contribution in [0.1, 0.15) is 43.7 Å². The number of carboxylic acid groups (broad SMARTS) is 1. The molecule has 0 spiro atoms. The summed E-state index contributed by atoms with van der Waals surface area (Å²) >= 11 is 0. The second-order valence-corrected chi connectivity index (χ2v) is 6.18. The SMILES string of the molecule is CC(C)c1ccc(CNC(=O)C2CCCN(C(=O)O)C2)cc1. The van der Waals surface area contributed by atoms with E-state index in [1.165, 1.54) is 10.5 Å². The molecule has 1 heterocycles. The standard InChI is InChI=1S/C17H24N2O3/c1-12(2)14-7-5-13(6-8-14)10-18-16(20)15-4-3-9-19(11-15)17(21)22/h5-8,12,15H,3-4,9-11H2,1-2H3,(H,18,20)(H,21,22). The van der Waals surface area contributed by atoms with Gasteiger partial charge in [-0.1, -0.05) is 38.1 Å². The predicted octanol–water partition coefficient (Wildman–Crippen LogP) is 2.82. The van der Waals surface area contributed by atoms with E-state index in [0.717, 1.165) is 18.4 Å². The van der Waals surface area contributed by atoms with Gasteiger partial charge in [-0.05, 0) is 29.9 Å². The predicted molar refractivity (Wildman–Crippen MR) is 84.7 cm³/mol. The summed E-state index contributed by atoms with van der Waals surface area (Å²) in [5.41, 5.74) is 2.34. The van der Waals surface area contributed by atoms with E-state index in [2.05, 4.69) is 31.3 Å². The molecule has 120 valence electrons. The van der Waals surface area contributed by atoms with Gasteiger partial charge in [-0.2, -0.15) is 0 Å². The molecule has 1 aliphatic rings. The van der Waals surface area contributed by atoms with E-state index in [9.17, 15) is 9.59 Å². The Morgan fingerprint density at radius 1 is 1.32 bits per heavy atom. The molecule has 22 heavy (non-hydrogen) atoms. The lowest BCUT2D eigenvalue weighted by atomic mass is 9.97. The van der Waals surface area contributed by atoms with Gasteiger partial charge in [0.25, 0.3) is 0 Å². The Labute approximate surface area is 131 Å². The number of piperidine rings is 1. The van der Waals surface area contributed by atoms with E-state index in [4.69, 9.17) is 5.11 Å².